The molecule has 3 fully saturated rings. The third-order valence-electron chi connectivity index (χ3n) is 5.02. The first-order valence-electron chi connectivity index (χ1n) is 8.24. The number of carbonyl (C=O) groups excluding carboxylic acids is 1. The number of rotatable bonds is 4. The van der Waals surface area contributed by atoms with Crippen molar-refractivity contribution in [2.75, 3.05) is 13.1 Å². The molecule has 0 bridgehead atoms. The van der Waals surface area contributed by atoms with E-state index in [1.54, 1.807) is 12.4 Å². The average molecular weight is 338 g/mol. The second kappa shape index (κ2) is 7.13. The molecule has 1 amide bonds. The Balaban J connectivity index is 0.00000156. The van der Waals surface area contributed by atoms with Crippen LogP contribution in [0.5, 0.6) is 0 Å². The molecule has 7 heteroatoms. The first-order valence-corrected chi connectivity index (χ1v) is 8.24. The van der Waals surface area contributed by atoms with Crippen LogP contribution in [-0.2, 0) is 11.3 Å². The Hall–Kier alpha value is -1.21. The van der Waals surface area contributed by atoms with E-state index in [0.29, 0.717) is 24.5 Å². The zero-order valence-corrected chi connectivity index (χ0v) is 13.9. The molecule has 1 saturated carbocycles. The van der Waals surface area contributed by atoms with Gasteiger partial charge in [-0.3, -0.25) is 15.2 Å². The number of carbonyl (C=O) groups is 1. The molecule has 0 radical (unpaired) electrons. The van der Waals surface area contributed by atoms with Gasteiger partial charge in [0.15, 0.2) is 0 Å². The summed E-state index contributed by atoms with van der Waals surface area (Å²) in [7, 11) is 0. The quantitative estimate of drug-likeness (QED) is 0.744. The number of fused-ring (bicyclic) bond motifs is 1. The second-order valence-electron chi connectivity index (χ2n) is 6.58. The summed E-state index contributed by atoms with van der Waals surface area (Å²) in [5, 5.41) is 3.42. The summed E-state index contributed by atoms with van der Waals surface area (Å²) in [6, 6.07) is 4.71. The number of nitrogens with zero attached hydrogens (tertiary/aromatic N) is 2. The zero-order valence-electron chi connectivity index (χ0n) is 13.1. The minimum absolute atomic E-state index is 0. The molecule has 1 aromatic rings. The molecule has 2 aliphatic heterocycles. The standard InChI is InChI=1S/C16H23N5O.ClH/c22-16(15-13-9-18-8-5-14(13)19-20-15)21(12-1-2-12)10-11-3-6-17-7-4-11;/h3-4,6-7,12-15,18-20H,1-2,5,8-10H2;1H. The molecule has 3 unspecified atom stereocenters. The molecule has 1 aromatic heterocycles. The van der Waals surface area contributed by atoms with Crippen molar-refractivity contribution >= 4 is 18.3 Å². The van der Waals surface area contributed by atoms with Crippen LogP contribution in [0, 0.1) is 5.92 Å². The van der Waals surface area contributed by atoms with E-state index >= 15 is 0 Å². The molecule has 0 spiro atoms. The maximum atomic E-state index is 13.1. The minimum Gasteiger partial charge on any atom is -0.334 e. The van der Waals surface area contributed by atoms with Gasteiger partial charge in [-0.05, 0) is 43.5 Å². The van der Waals surface area contributed by atoms with Crippen molar-refractivity contribution in [1.82, 2.24) is 26.1 Å². The molecular weight excluding hydrogens is 314 g/mol. The van der Waals surface area contributed by atoms with Crippen LogP contribution in [-0.4, -0.2) is 47.0 Å². The SMILES string of the molecule is Cl.O=C(C1NNC2CCNCC21)N(Cc1ccncc1)C1CC1. The number of aromatic nitrogens is 1. The Morgan fingerprint density at radius 1 is 1.22 bits per heavy atom. The predicted molar refractivity (Wildman–Crippen MR) is 89.9 cm³/mol. The summed E-state index contributed by atoms with van der Waals surface area (Å²) in [6.45, 7) is 2.63. The van der Waals surface area contributed by atoms with Gasteiger partial charge >= 0.3 is 0 Å². The highest BCUT2D eigenvalue weighted by Gasteiger charge is 2.45. The van der Waals surface area contributed by atoms with Crippen LogP contribution in [0.2, 0.25) is 0 Å². The molecule has 3 heterocycles. The summed E-state index contributed by atoms with van der Waals surface area (Å²) in [5.41, 5.74) is 7.73. The number of piperidine rings is 1. The lowest BCUT2D eigenvalue weighted by Crippen LogP contribution is -2.51. The number of hydrazine groups is 1. The monoisotopic (exact) mass is 337 g/mol. The van der Waals surface area contributed by atoms with Gasteiger partial charge in [0.25, 0.3) is 0 Å². The molecule has 4 rings (SSSR count). The lowest BCUT2D eigenvalue weighted by molar-refractivity contribution is -0.135. The highest BCUT2D eigenvalue weighted by atomic mass is 35.5. The first-order chi connectivity index (χ1) is 10.8. The van der Waals surface area contributed by atoms with Crippen LogP contribution in [0.15, 0.2) is 24.5 Å². The Labute approximate surface area is 142 Å². The molecule has 6 nitrogen and oxygen atoms in total. The Morgan fingerprint density at radius 2 is 2.00 bits per heavy atom. The van der Waals surface area contributed by atoms with Crippen LogP contribution >= 0.6 is 12.4 Å². The van der Waals surface area contributed by atoms with Crippen molar-refractivity contribution in [2.45, 2.75) is 43.9 Å². The number of hydrogen-bond acceptors (Lipinski definition) is 5. The summed E-state index contributed by atoms with van der Waals surface area (Å²) < 4.78 is 0. The number of halogens is 1. The normalized spacial score (nSPS) is 29.5. The largest absolute Gasteiger partial charge is 0.334 e. The average Bonchev–Trinajstić information content (AvgIpc) is 3.31. The summed E-state index contributed by atoms with van der Waals surface area (Å²) >= 11 is 0. The smallest absolute Gasteiger partial charge is 0.242 e. The van der Waals surface area contributed by atoms with Crippen molar-refractivity contribution in [3.05, 3.63) is 30.1 Å². The minimum atomic E-state index is -0.111. The lowest BCUT2D eigenvalue weighted by atomic mass is 9.88. The molecule has 3 aliphatic rings. The zero-order chi connectivity index (χ0) is 14.9. The first kappa shape index (κ1) is 16.6. The molecule has 3 atom stereocenters. The molecule has 0 aromatic carbocycles. The summed E-state index contributed by atoms with van der Waals surface area (Å²) in [4.78, 5) is 19.2. The van der Waals surface area contributed by atoms with E-state index in [4.69, 9.17) is 0 Å². The Kier molecular flexibility index (Phi) is 5.16. The van der Waals surface area contributed by atoms with E-state index in [9.17, 15) is 4.79 Å². The van der Waals surface area contributed by atoms with E-state index in [1.165, 1.54) is 0 Å². The van der Waals surface area contributed by atoms with Gasteiger partial charge in [-0.1, -0.05) is 0 Å². The van der Waals surface area contributed by atoms with Crippen molar-refractivity contribution in [3.63, 3.8) is 0 Å². The van der Waals surface area contributed by atoms with Crippen molar-refractivity contribution < 1.29 is 4.79 Å². The molecule has 2 saturated heterocycles. The number of amides is 1. The highest BCUT2D eigenvalue weighted by Crippen LogP contribution is 2.31. The van der Waals surface area contributed by atoms with Gasteiger partial charge in [0.2, 0.25) is 5.91 Å². The Morgan fingerprint density at radius 3 is 2.74 bits per heavy atom. The topological polar surface area (TPSA) is 69.3 Å². The van der Waals surface area contributed by atoms with Crippen molar-refractivity contribution in [2.24, 2.45) is 5.92 Å². The summed E-state index contributed by atoms with van der Waals surface area (Å²) in [5.74, 6) is 0.586. The van der Waals surface area contributed by atoms with E-state index in [1.807, 2.05) is 12.1 Å². The van der Waals surface area contributed by atoms with E-state index in [2.05, 4.69) is 26.1 Å². The van der Waals surface area contributed by atoms with Crippen LogP contribution in [0.25, 0.3) is 0 Å². The number of pyridine rings is 1. The lowest BCUT2D eigenvalue weighted by Gasteiger charge is -2.31. The number of nitrogens with one attached hydrogen (secondary N) is 3. The van der Waals surface area contributed by atoms with Gasteiger partial charge in [-0.15, -0.1) is 12.4 Å². The van der Waals surface area contributed by atoms with Crippen molar-refractivity contribution in [3.8, 4) is 0 Å². The van der Waals surface area contributed by atoms with Crippen molar-refractivity contribution in [1.29, 1.82) is 0 Å². The molecule has 126 valence electrons. The fourth-order valence-electron chi connectivity index (χ4n) is 3.60. The predicted octanol–water partition coefficient (Wildman–Crippen LogP) is 0.449. The van der Waals surface area contributed by atoms with Crippen LogP contribution in [0.1, 0.15) is 24.8 Å². The van der Waals surface area contributed by atoms with E-state index in [-0.39, 0.29) is 24.4 Å². The maximum Gasteiger partial charge on any atom is 0.242 e. The van der Waals surface area contributed by atoms with Gasteiger partial charge in [0.1, 0.15) is 6.04 Å². The fourth-order valence-corrected chi connectivity index (χ4v) is 3.60. The molecule has 23 heavy (non-hydrogen) atoms. The van der Waals surface area contributed by atoms with Gasteiger partial charge in [0.05, 0.1) is 0 Å². The summed E-state index contributed by atoms with van der Waals surface area (Å²) in [6.07, 6.45) is 6.92. The third kappa shape index (κ3) is 3.50. The van der Waals surface area contributed by atoms with Gasteiger partial charge in [0, 0.05) is 43.5 Å². The van der Waals surface area contributed by atoms with E-state index < -0.39 is 0 Å². The maximum absolute atomic E-state index is 13.1. The van der Waals surface area contributed by atoms with Crippen LogP contribution in [0.3, 0.4) is 0 Å². The third-order valence-corrected chi connectivity index (χ3v) is 5.02. The van der Waals surface area contributed by atoms with Crippen LogP contribution < -0.4 is 16.2 Å². The molecule has 1 aliphatic carbocycles. The van der Waals surface area contributed by atoms with Gasteiger partial charge in [-0.2, -0.15) is 0 Å². The fraction of sp³-hybridized carbons (Fsp3) is 0.625. The van der Waals surface area contributed by atoms with Gasteiger partial charge in [-0.25, -0.2) is 5.43 Å². The highest BCUT2D eigenvalue weighted by molar-refractivity contribution is 5.85. The molecule has 3 N–H and O–H groups in total. The van der Waals surface area contributed by atoms with Gasteiger partial charge < -0.3 is 10.2 Å². The second-order valence-corrected chi connectivity index (χ2v) is 6.58. The Bertz CT molecular complexity index is 539. The van der Waals surface area contributed by atoms with Crippen LogP contribution in [0.4, 0.5) is 0 Å². The number of hydrogen-bond donors (Lipinski definition) is 3. The molecular formula is C16H24ClN5O. The van der Waals surface area contributed by atoms with E-state index in [0.717, 1.165) is 37.9 Å².